The van der Waals surface area contributed by atoms with Crippen LogP contribution in [-0.4, -0.2) is 59.7 Å². The van der Waals surface area contributed by atoms with Gasteiger partial charge < -0.3 is 45.1 Å². The standard InChI is InChI=1S/C46H32Cl2N4O10/c1-52(2)23-5-10-30-35(15-23)61-34-14-22(49)4-9-29(34)40(30)42-41(46(59)60)33(47)18-32(43(42)48)44(56)51-20-38(55)50-19-21-3-8-26(45(57)58)31(13-21)39-27-11-6-24(53)16-36(27)62-37-17-25(54)7-12-28(37)39/h3-18,49,53H,19-20H2,1-2H3,(H,50,55)(H,51,56)(H,57,58)(H,59,60). The van der Waals surface area contributed by atoms with Gasteiger partial charge in [-0.15, -0.1) is 0 Å². The van der Waals surface area contributed by atoms with E-state index in [-0.39, 0.29) is 78.0 Å². The Balaban J connectivity index is 1.10. The van der Waals surface area contributed by atoms with Gasteiger partial charge in [0.15, 0.2) is 5.43 Å². The third-order valence-corrected chi connectivity index (χ3v) is 11.0. The van der Waals surface area contributed by atoms with Gasteiger partial charge in [-0.1, -0.05) is 29.3 Å². The number of rotatable bonds is 10. The number of fused-ring (bicyclic) bond motifs is 4. The van der Waals surface area contributed by atoms with Crippen LogP contribution in [0.5, 0.6) is 5.75 Å². The van der Waals surface area contributed by atoms with E-state index in [0.29, 0.717) is 44.2 Å². The van der Waals surface area contributed by atoms with Crippen LogP contribution in [-0.2, 0) is 11.3 Å². The van der Waals surface area contributed by atoms with Crippen LogP contribution >= 0.6 is 23.2 Å². The molecule has 0 saturated heterocycles. The van der Waals surface area contributed by atoms with Crippen LogP contribution in [0.1, 0.15) is 36.6 Å². The van der Waals surface area contributed by atoms with E-state index in [1.165, 1.54) is 54.6 Å². The maximum Gasteiger partial charge on any atom is 0.337 e. The van der Waals surface area contributed by atoms with Crippen molar-refractivity contribution in [2.75, 3.05) is 25.5 Å². The van der Waals surface area contributed by atoms with Crippen LogP contribution in [0, 0.1) is 5.41 Å². The van der Waals surface area contributed by atoms with E-state index < -0.39 is 30.3 Å². The number of amides is 2. The zero-order chi connectivity index (χ0) is 44.1. The summed E-state index contributed by atoms with van der Waals surface area (Å²) < 4.78 is 12.1. The minimum atomic E-state index is -1.42. The number of halogens is 2. The molecule has 4 aliphatic rings. The van der Waals surface area contributed by atoms with E-state index in [1.54, 1.807) is 36.4 Å². The van der Waals surface area contributed by atoms with Crippen molar-refractivity contribution in [3.8, 4) is 50.7 Å². The first-order valence-corrected chi connectivity index (χ1v) is 19.4. The zero-order valence-electron chi connectivity index (χ0n) is 32.6. The summed E-state index contributed by atoms with van der Waals surface area (Å²) in [5.41, 5.74) is 2.57. The summed E-state index contributed by atoms with van der Waals surface area (Å²) in [5, 5.41) is 44.7. The number of carboxylic acids is 2. The number of carboxylic acid groups (broad SMARTS) is 2. The van der Waals surface area contributed by atoms with Gasteiger partial charge in [0.1, 0.15) is 28.4 Å². The van der Waals surface area contributed by atoms with Crippen LogP contribution in [0.2, 0.25) is 10.0 Å². The van der Waals surface area contributed by atoms with Crippen molar-refractivity contribution in [1.82, 2.24) is 10.6 Å². The summed E-state index contributed by atoms with van der Waals surface area (Å²) in [6.45, 7) is -0.645. The lowest BCUT2D eigenvalue weighted by Gasteiger charge is -2.21. The van der Waals surface area contributed by atoms with Crippen molar-refractivity contribution in [2.24, 2.45) is 0 Å². The predicted molar refractivity (Wildman–Crippen MR) is 233 cm³/mol. The lowest BCUT2D eigenvalue weighted by molar-refractivity contribution is -0.120. The largest absolute Gasteiger partial charge is 0.508 e. The number of anilines is 1. The van der Waals surface area contributed by atoms with Gasteiger partial charge in [-0.25, -0.2) is 9.59 Å². The van der Waals surface area contributed by atoms with Gasteiger partial charge in [-0.2, -0.15) is 0 Å². The number of hydrogen-bond acceptors (Lipinski definition) is 10. The normalized spacial score (nSPS) is 11.3. The molecule has 0 aromatic heterocycles. The number of benzene rings is 6. The van der Waals surface area contributed by atoms with Crippen molar-refractivity contribution >= 4 is 74.6 Å². The molecule has 0 unspecified atom stereocenters. The molecule has 0 radical (unpaired) electrons. The Morgan fingerprint density at radius 1 is 0.694 bits per heavy atom. The molecule has 0 bridgehead atoms. The van der Waals surface area contributed by atoms with Crippen molar-refractivity contribution in [3.05, 3.63) is 145 Å². The van der Waals surface area contributed by atoms with E-state index in [1.807, 2.05) is 19.0 Å². The van der Waals surface area contributed by atoms with Crippen LogP contribution in [0.3, 0.4) is 0 Å². The van der Waals surface area contributed by atoms with Crippen LogP contribution < -0.4 is 26.3 Å². The number of nitrogens with zero attached hydrogens (tertiary/aromatic N) is 1. The molecule has 14 nitrogen and oxygen atoms in total. The summed E-state index contributed by atoms with van der Waals surface area (Å²) in [6.07, 6.45) is 0. The third-order valence-electron chi connectivity index (χ3n) is 10.3. The second-order valence-corrected chi connectivity index (χ2v) is 15.3. The minimum Gasteiger partial charge on any atom is -0.508 e. The van der Waals surface area contributed by atoms with Crippen LogP contribution in [0.25, 0.3) is 66.8 Å². The fourth-order valence-corrected chi connectivity index (χ4v) is 8.04. The molecular weight excluding hydrogens is 839 g/mol. The molecule has 8 rings (SSSR count). The summed E-state index contributed by atoms with van der Waals surface area (Å²) in [6, 6.07) is 23.9. The lowest BCUT2D eigenvalue weighted by Crippen LogP contribution is -2.36. The van der Waals surface area contributed by atoms with E-state index in [4.69, 9.17) is 37.4 Å². The number of hydrogen-bond donors (Lipinski definition) is 6. The fourth-order valence-electron chi connectivity index (χ4n) is 7.42. The van der Waals surface area contributed by atoms with Gasteiger partial charge in [0.05, 0.1) is 38.6 Å². The molecular formula is C46H32Cl2N4O10. The molecule has 2 heterocycles. The molecule has 6 N–H and O–H groups in total. The number of carbonyl (C=O) groups is 4. The molecule has 16 heteroatoms. The van der Waals surface area contributed by atoms with Gasteiger partial charge in [0.2, 0.25) is 5.91 Å². The summed E-state index contributed by atoms with van der Waals surface area (Å²) in [5.74, 6) is -3.80. The Hall–Kier alpha value is -7.68. The Morgan fingerprint density at radius 2 is 1.37 bits per heavy atom. The van der Waals surface area contributed by atoms with Crippen molar-refractivity contribution in [3.63, 3.8) is 0 Å². The van der Waals surface area contributed by atoms with E-state index in [2.05, 4.69) is 10.6 Å². The number of carbonyl (C=O) groups excluding carboxylic acids is 2. The molecule has 2 amide bonds. The average molecular weight is 872 g/mol. The number of aromatic carboxylic acids is 2. The van der Waals surface area contributed by atoms with Gasteiger partial charge in [0, 0.05) is 89.2 Å². The van der Waals surface area contributed by atoms with Crippen molar-refractivity contribution in [2.45, 2.75) is 6.54 Å². The first-order valence-electron chi connectivity index (χ1n) is 18.7. The highest BCUT2D eigenvalue weighted by Crippen LogP contribution is 2.47. The molecule has 0 atom stereocenters. The maximum atomic E-state index is 13.8. The Labute approximate surface area is 360 Å². The molecule has 4 aromatic carbocycles. The first kappa shape index (κ1) is 41.1. The quantitative estimate of drug-likeness (QED) is 0.0721. The molecule has 2 aliphatic heterocycles. The molecule has 4 aromatic rings. The minimum absolute atomic E-state index is 0.0686. The lowest BCUT2D eigenvalue weighted by atomic mass is 9.89. The van der Waals surface area contributed by atoms with Gasteiger partial charge in [0.25, 0.3) is 5.91 Å². The summed E-state index contributed by atoms with van der Waals surface area (Å²) >= 11 is 13.6. The fraction of sp³-hybridized carbons (Fsp3) is 0.0870. The van der Waals surface area contributed by atoms with Crippen LogP contribution in [0.4, 0.5) is 5.69 Å². The average Bonchev–Trinajstić information content (AvgIpc) is 3.23. The van der Waals surface area contributed by atoms with Crippen molar-refractivity contribution < 1.29 is 43.3 Å². The number of nitrogens with one attached hydrogen (secondary N) is 3. The Kier molecular flexibility index (Phi) is 10.6. The highest BCUT2D eigenvalue weighted by Gasteiger charge is 2.30. The Morgan fingerprint density at radius 3 is 2.10 bits per heavy atom. The van der Waals surface area contributed by atoms with Gasteiger partial charge in [-0.3, -0.25) is 14.4 Å². The summed E-state index contributed by atoms with van der Waals surface area (Å²) in [4.78, 5) is 66.4. The maximum absolute atomic E-state index is 13.8. The van der Waals surface area contributed by atoms with E-state index in [0.717, 1.165) is 11.8 Å². The topological polar surface area (TPSA) is 223 Å². The third kappa shape index (κ3) is 7.53. The van der Waals surface area contributed by atoms with Gasteiger partial charge >= 0.3 is 11.9 Å². The second-order valence-electron chi connectivity index (χ2n) is 14.5. The van der Waals surface area contributed by atoms with Gasteiger partial charge in [-0.05, 0) is 77.9 Å². The Bertz CT molecular complexity index is 3270. The zero-order valence-corrected chi connectivity index (χ0v) is 34.1. The second kappa shape index (κ2) is 16.1. The monoisotopic (exact) mass is 870 g/mol. The molecule has 62 heavy (non-hydrogen) atoms. The molecule has 2 aliphatic carbocycles. The number of phenolic OH excluding ortho intramolecular Hbond substituents is 1. The SMILES string of the molecule is CN(C)c1ccc2c(-c3c(Cl)c(C(=O)NCC(=O)NCc4ccc(C(=O)O)c(-c5c6ccc(=O)cc-6oc6cc(O)ccc56)c4)cc(Cl)c3C(=O)O)c3ccc(=N)cc-3oc2c1. The van der Waals surface area contributed by atoms with E-state index >= 15 is 0 Å². The molecule has 0 saturated carbocycles. The highest BCUT2D eigenvalue weighted by molar-refractivity contribution is 6.41. The van der Waals surface area contributed by atoms with Crippen LogP contribution in [0.15, 0.2) is 111 Å². The molecule has 310 valence electrons. The van der Waals surface area contributed by atoms with Crippen molar-refractivity contribution in [1.29, 1.82) is 5.41 Å². The van der Waals surface area contributed by atoms with E-state index in [9.17, 15) is 39.3 Å². The smallest absolute Gasteiger partial charge is 0.337 e. The summed E-state index contributed by atoms with van der Waals surface area (Å²) in [7, 11) is 3.68. The number of aromatic hydroxyl groups is 1. The molecule has 0 fully saturated rings. The highest BCUT2D eigenvalue weighted by atomic mass is 35.5. The number of phenols is 1. The molecule has 0 spiro atoms. The predicted octanol–water partition coefficient (Wildman–Crippen LogP) is 8.08. The first-order chi connectivity index (χ1) is 29.6.